The van der Waals surface area contributed by atoms with Gasteiger partial charge in [0.25, 0.3) is 0 Å². The van der Waals surface area contributed by atoms with E-state index in [1.54, 1.807) is 24.5 Å². The number of rotatable bonds is 6. The Morgan fingerprint density at radius 2 is 2.10 bits per heavy atom. The van der Waals surface area contributed by atoms with Crippen molar-refractivity contribution < 1.29 is 23.5 Å². The molecule has 1 aromatic carbocycles. The van der Waals surface area contributed by atoms with E-state index in [4.69, 9.17) is 9.47 Å². The molecule has 0 amide bonds. The third kappa shape index (κ3) is 3.92. The van der Waals surface area contributed by atoms with E-state index in [0.717, 1.165) is 18.2 Å². The summed E-state index contributed by atoms with van der Waals surface area (Å²) < 4.78 is 24.3. The maximum atomic E-state index is 13.2. The summed E-state index contributed by atoms with van der Waals surface area (Å²) in [7, 11) is 0. The number of anilines is 1. The molecule has 0 saturated heterocycles. The van der Waals surface area contributed by atoms with Crippen molar-refractivity contribution in [2.45, 2.75) is 12.8 Å². The number of carbonyl (C=O) groups is 2. The van der Waals surface area contributed by atoms with Gasteiger partial charge < -0.3 is 19.8 Å². The zero-order valence-corrected chi connectivity index (χ0v) is 16.4. The maximum absolute atomic E-state index is 13.2. The number of Topliss-reactive ketones (excluding diaryl/α,β-unsaturated/α-hetero) is 1. The second-order valence-electron chi connectivity index (χ2n) is 7.46. The molecule has 7 nitrogen and oxygen atoms in total. The first kappa shape index (κ1) is 19.0. The van der Waals surface area contributed by atoms with Crippen LogP contribution in [-0.4, -0.2) is 28.3 Å². The molecule has 3 aromatic rings. The number of fused-ring (bicyclic) bond motifs is 1. The van der Waals surface area contributed by atoms with Gasteiger partial charge in [-0.1, -0.05) is 0 Å². The molecule has 8 heteroatoms. The van der Waals surface area contributed by atoms with Gasteiger partial charge in [0.2, 0.25) is 11.7 Å². The van der Waals surface area contributed by atoms with E-state index in [9.17, 15) is 14.0 Å². The van der Waals surface area contributed by atoms with Crippen molar-refractivity contribution in [2.24, 2.45) is 5.92 Å². The van der Waals surface area contributed by atoms with E-state index in [1.165, 1.54) is 24.3 Å². The number of nitrogens with zero attached hydrogens (tertiary/aromatic N) is 1. The van der Waals surface area contributed by atoms with Crippen LogP contribution >= 0.6 is 0 Å². The first-order valence-corrected chi connectivity index (χ1v) is 9.89. The Kier molecular flexibility index (Phi) is 4.74. The molecule has 0 radical (unpaired) electrons. The summed E-state index contributed by atoms with van der Waals surface area (Å²) in [5.74, 6) is -1.44. The zero-order valence-electron chi connectivity index (χ0n) is 16.4. The third-order valence-electron chi connectivity index (χ3n) is 5.11. The van der Waals surface area contributed by atoms with Gasteiger partial charge in [0.1, 0.15) is 11.5 Å². The van der Waals surface area contributed by atoms with Gasteiger partial charge in [-0.05, 0) is 61.2 Å². The Bertz CT molecular complexity index is 1240. The van der Waals surface area contributed by atoms with Gasteiger partial charge in [-0.15, -0.1) is 0 Å². The number of ether oxygens (including phenoxy) is 2. The molecule has 3 heterocycles. The number of allylic oxidation sites excluding steroid dienone is 1. The Morgan fingerprint density at radius 3 is 2.87 bits per heavy atom. The van der Waals surface area contributed by atoms with Gasteiger partial charge in [-0.2, -0.15) is 0 Å². The fourth-order valence-corrected chi connectivity index (χ4v) is 3.25. The van der Waals surface area contributed by atoms with Crippen LogP contribution in [0.5, 0.6) is 0 Å². The van der Waals surface area contributed by atoms with E-state index >= 15 is 0 Å². The van der Waals surface area contributed by atoms with E-state index in [0.29, 0.717) is 22.8 Å². The number of esters is 1. The van der Waals surface area contributed by atoms with E-state index in [-0.39, 0.29) is 23.8 Å². The number of hydrogen-bond donors (Lipinski definition) is 2. The molecule has 2 aromatic heterocycles. The van der Waals surface area contributed by atoms with Gasteiger partial charge >= 0.3 is 5.97 Å². The minimum Gasteiger partial charge on any atom is -0.462 e. The Labute approximate surface area is 176 Å². The lowest BCUT2D eigenvalue weighted by molar-refractivity contribution is -0.140. The monoisotopic (exact) mass is 419 g/mol. The Hall–Kier alpha value is -3.94. The molecule has 31 heavy (non-hydrogen) atoms. The number of ketones is 1. The van der Waals surface area contributed by atoms with Crippen molar-refractivity contribution in [3.05, 3.63) is 77.4 Å². The highest BCUT2D eigenvalue weighted by Gasteiger charge is 2.38. The minimum absolute atomic E-state index is 0.0206. The van der Waals surface area contributed by atoms with Crippen LogP contribution in [0.4, 0.5) is 10.1 Å². The lowest BCUT2D eigenvalue weighted by atomic mass is 10.1. The van der Waals surface area contributed by atoms with Crippen LogP contribution in [-0.2, 0) is 19.1 Å². The van der Waals surface area contributed by atoms with E-state index in [1.807, 2.05) is 6.07 Å². The van der Waals surface area contributed by atoms with E-state index in [2.05, 4.69) is 15.3 Å². The maximum Gasteiger partial charge on any atom is 0.347 e. The van der Waals surface area contributed by atoms with Gasteiger partial charge in [0.15, 0.2) is 11.3 Å². The SMILES string of the molecule is O=C(OCC1CC1)C1=C(Nc2ccc(F)cc2)OC(=Cc2c[nH]c3ncccc23)C1=O. The van der Waals surface area contributed by atoms with Crippen molar-refractivity contribution in [3.8, 4) is 0 Å². The number of nitrogens with one attached hydrogen (secondary N) is 2. The molecular weight excluding hydrogens is 401 g/mol. The fraction of sp³-hybridized carbons (Fsp3) is 0.174. The summed E-state index contributed by atoms with van der Waals surface area (Å²) in [5, 5.41) is 3.70. The van der Waals surface area contributed by atoms with Crippen molar-refractivity contribution >= 4 is 34.5 Å². The Morgan fingerprint density at radius 1 is 1.29 bits per heavy atom. The predicted octanol–water partition coefficient (Wildman–Crippen LogP) is 3.92. The highest BCUT2D eigenvalue weighted by Crippen LogP contribution is 2.32. The molecule has 0 bridgehead atoms. The average Bonchev–Trinajstić information content (AvgIpc) is 3.45. The van der Waals surface area contributed by atoms with Crippen molar-refractivity contribution in [1.29, 1.82) is 0 Å². The number of aromatic nitrogens is 2. The number of benzene rings is 1. The standard InChI is InChI=1S/C23H18FN3O4/c24-15-5-7-16(8-6-15)27-22-19(23(29)30-12-13-3-4-13)20(28)18(31-22)10-14-11-26-21-17(14)2-1-9-25-21/h1-2,5-11,13,27H,3-4,12H2,(H,25,26). The van der Waals surface area contributed by atoms with Gasteiger partial charge in [0, 0.05) is 29.0 Å². The second-order valence-corrected chi connectivity index (χ2v) is 7.46. The van der Waals surface area contributed by atoms with Crippen molar-refractivity contribution in [3.63, 3.8) is 0 Å². The molecule has 2 N–H and O–H groups in total. The van der Waals surface area contributed by atoms with Crippen LogP contribution in [0.25, 0.3) is 17.1 Å². The van der Waals surface area contributed by atoms with Crippen LogP contribution < -0.4 is 5.32 Å². The summed E-state index contributed by atoms with van der Waals surface area (Å²) >= 11 is 0. The van der Waals surface area contributed by atoms with Gasteiger partial charge in [-0.3, -0.25) is 4.79 Å². The molecule has 0 atom stereocenters. The fourth-order valence-electron chi connectivity index (χ4n) is 3.25. The van der Waals surface area contributed by atoms with Crippen LogP contribution in [0.15, 0.2) is 66.0 Å². The van der Waals surface area contributed by atoms with Gasteiger partial charge in [-0.25, -0.2) is 14.2 Å². The molecule has 1 aliphatic heterocycles. The number of pyridine rings is 1. The highest BCUT2D eigenvalue weighted by molar-refractivity contribution is 6.26. The van der Waals surface area contributed by atoms with Gasteiger partial charge in [0.05, 0.1) is 6.61 Å². The minimum atomic E-state index is -0.745. The number of hydrogen-bond acceptors (Lipinski definition) is 6. The topological polar surface area (TPSA) is 93.3 Å². The molecule has 1 aliphatic carbocycles. The summed E-state index contributed by atoms with van der Waals surface area (Å²) in [5.41, 5.74) is 1.62. The lowest BCUT2D eigenvalue weighted by Gasteiger charge is -2.09. The molecule has 0 spiro atoms. The van der Waals surface area contributed by atoms with Crippen LogP contribution in [0.2, 0.25) is 0 Å². The molecule has 2 aliphatic rings. The zero-order chi connectivity index (χ0) is 21.4. The number of aromatic amines is 1. The molecule has 0 unspecified atom stereocenters. The number of carbonyl (C=O) groups excluding carboxylic acids is 2. The quantitative estimate of drug-likeness (QED) is 0.357. The van der Waals surface area contributed by atoms with Crippen molar-refractivity contribution in [2.75, 3.05) is 11.9 Å². The summed E-state index contributed by atoms with van der Waals surface area (Å²) in [6.07, 6.45) is 6.94. The third-order valence-corrected chi connectivity index (χ3v) is 5.11. The van der Waals surface area contributed by atoms with Crippen LogP contribution in [0.3, 0.4) is 0 Å². The second kappa shape index (κ2) is 7.71. The summed E-state index contributed by atoms with van der Waals surface area (Å²) in [4.78, 5) is 33.0. The van der Waals surface area contributed by atoms with Crippen LogP contribution in [0.1, 0.15) is 18.4 Å². The molecular formula is C23H18FN3O4. The number of H-pyrrole nitrogens is 1. The smallest absolute Gasteiger partial charge is 0.347 e. The molecule has 5 rings (SSSR count). The molecule has 1 saturated carbocycles. The highest BCUT2D eigenvalue weighted by atomic mass is 19.1. The first-order valence-electron chi connectivity index (χ1n) is 9.89. The van der Waals surface area contributed by atoms with Crippen molar-refractivity contribution in [1.82, 2.24) is 9.97 Å². The average molecular weight is 419 g/mol. The summed E-state index contributed by atoms with van der Waals surface area (Å²) in [6.45, 7) is 0.270. The largest absolute Gasteiger partial charge is 0.462 e. The Balaban J connectivity index is 1.46. The number of halogens is 1. The predicted molar refractivity (Wildman–Crippen MR) is 111 cm³/mol. The van der Waals surface area contributed by atoms with Crippen LogP contribution in [0, 0.1) is 11.7 Å². The molecule has 1 fully saturated rings. The van der Waals surface area contributed by atoms with E-state index < -0.39 is 17.6 Å². The summed E-state index contributed by atoms with van der Waals surface area (Å²) in [6, 6.07) is 9.14. The first-order chi connectivity index (χ1) is 15.1. The molecule has 156 valence electrons. The normalized spacial score (nSPS) is 17.3. The lowest BCUT2D eigenvalue weighted by Crippen LogP contribution is -2.17.